The largest absolute Gasteiger partial charge is 0.463 e. The smallest absolute Gasteiger partial charge is 0.347 e. The lowest BCUT2D eigenvalue weighted by atomic mass is 10.1. The van der Waals surface area contributed by atoms with Crippen molar-refractivity contribution in [2.75, 3.05) is 6.61 Å². The highest BCUT2D eigenvalue weighted by molar-refractivity contribution is 5.79. The summed E-state index contributed by atoms with van der Waals surface area (Å²) in [6, 6.07) is 0. The monoisotopic (exact) mass is 300 g/mol. The van der Waals surface area contributed by atoms with Gasteiger partial charge in [0.25, 0.3) is 0 Å². The first-order valence-electron chi connectivity index (χ1n) is 8.39. The van der Waals surface area contributed by atoms with Crippen molar-refractivity contribution in [3.8, 4) is 0 Å². The minimum Gasteiger partial charge on any atom is -0.463 e. The third kappa shape index (κ3) is 10.3. The molecule has 0 radical (unpaired) electrons. The molecule has 0 N–H and O–H groups in total. The SMILES string of the molecule is CCCCCCCCCC(=O)OC(C(=O)OCC)C(C)C. The van der Waals surface area contributed by atoms with Gasteiger partial charge in [0, 0.05) is 12.3 Å². The molecule has 4 nitrogen and oxygen atoms in total. The first-order valence-corrected chi connectivity index (χ1v) is 8.39. The average Bonchev–Trinajstić information content (AvgIpc) is 2.43. The summed E-state index contributed by atoms with van der Waals surface area (Å²) in [5, 5.41) is 0. The lowest BCUT2D eigenvalue weighted by Crippen LogP contribution is -2.33. The van der Waals surface area contributed by atoms with Gasteiger partial charge in [-0.2, -0.15) is 0 Å². The Morgan fingerprint density at radius 2 is 1.48 bits per heavy atom. The lowest BCUT2D eigenvalue weighted by molar-refractivity contribution is -0.170. The molecule has 0 aliphatic heterocycles. The highest BCUT2D eigenvalue weighted by Gasteiger charge is 2.27. The number of hydrogen-bond donors (Lipinski definition) is 0. The number of esters is 2. The van der Waals surface area contributed by atoms with E-state index < -0.39 is 12.1 Å². The van der Waals surface area contributed by atoms with Gasteiger partial charge in [-0.1, -0.05) is 59.3 Å². The summed E-state index contributed by atoms with van der Waals surface area (Å²) in [5.41, 5.74) is 0. The Bertz CT molecular complexity index is 287. The molecular weight excluding hydrogens is 268 g/mol. The molecule has 0 aromatic carbocycles. The fourth-order valence-electron chi connectivity index (χ4n) is 2.11. The van der Waals surface area contributed by atoms with Gasteiger partial charge >= 0.3 is 11.9 Å². The average molecular weight is 300 g/mol. The van der Waals surface area contributed by atoms with Gasteiger partial charge in [-0.15, -0.1) is 0 Å². The summed E-state index contributed by atoms with van der Waals surface area (Å²) in [7, 11) is 0. The van der Waals surface area contributed by atoms with Crippen LogP contribution in [0.1, 0.15) is 79.1 Å². The molecule has 0 aromatic heterocycles. The normalized spacial score (nSPS) is 12.2. The van der Waals surface area contributed by atoms with Crippen molar-refractivity contribution in [1.29, 1.82) is 0 Å². The molecule has 4 heteroatoms. The summed E-state index contributed by atoms with van der Waals surface area (Å²) in [5.74, 6) is -0.808. The van der Waals surface area contributed by atoms with E-state index in [1.54, 1.807) is 6.92 Å². The minimum atomic E-state index is -0.776. The Balaban J connectivity index is 3.86. The van der Waals surface area contributed by atoms with Crippen molar-refractivity contribution in [3.05, 3.63) is 0 Å². The van der Waals surface area contributed by atoms with E-state index in [0.29, 0.717) is 13.0 Å². The highest BCUT2D eigenvalue weighted by atomic mass is 16.6. The fraction of sp³-hybridized carbons (Fsp3) is 0.882. The second-order valence-corrected chi connectivity index (χ2v) is 5.78. The van der Waals surface area contributed by atoms with E-state index in [4.69, 9.17) is 9.47 Å². The Morgan fingerprint density at radius 3 is 2.00 bits per heavy atom. The summed E-state index contributed by atoms with van der Waals surface area (Å²) >= 11 is 0. The molecule has 0 bridgehead atoms. The van der Waals surface area contributed by atoms with Crippen LogP contribution in [-0.4, -0.2) is 24.6 Å². The van der Waals surface area contributed by atoms with Crippen molar-refractivity contribution < 1.29 is 19.1 Å². The number of ether oxygens (including phenoxy) is 2. The van der Waals surface area contributed by atoms with Crippen molar-refractivity contribution >= 4 is 11.9 Å². The van der Waals surface area contributed by atoms with Crippen LogP contribution in [0.2, 0.25) is 0 Å². The third-order valence-corrected chi connectivity index (χ3v) is 3.37. The van der Waals surface area contributed by atoms with E-state index in [-0.39, 0.29) is 11.9 Å². The highest BCUT2D eigenvalue weighted by Crippen LogP contribution is 2.13. The first kappa shape index (κ1) is 19.9. The van der Waals surface area contributed by atoms with Crippen LogP contribution in [0.25, 0.3) is 0 Å². The number of rotatable bonds is 12. The van der Waals surface area contributed by atoms with Crippen LogP contribution in [0.3, 0.4) is 0 Å². The van der Waals surface area contributed by atoms with Crippen LogP contribution in [0.4, 0.5) is 0 Å². The molecule has 124 valence electrons. The fourth-order valence-corrected chi connectivity index (χ4v) is 2.11. The van der Waals surface area contributed by atoms with Crippen LogP contribution in [-0.2, 0) is 19.1 Å². The molecule has 0 spiro atoms. The van der Waals surface area contributed by atoms with Crippen LogP contribution in [0.15, 0.2) is 0 Å². The number of carbonyl (C=O) groups excluding carboxylic acids is 2. The van der Waals surface area contributed by atoms with Crippen LogP contribution in [0.5, 0.6) is 0 Å². The van der Waals surface area contributed by atoms with Crippen LogP contribution < -0.4 is 0 Å². The Morgan fingerprint density at radius 1 is 0.905 bits per heavy atom. The molecule has 0 rings (SSSR count). The number of carbonyl (C=O) groups is 2. The third-order valence-electron chi connectivity index (χ3n) is 3.37. The molecule has 0 aliphatic carbocycles. The quantitative estimate of drug-likeness (QED) is 0.399. The van der Waals surface area contributed by atoms with E-state index in [0.717, 1.165) is 12.8 Å². The molecule has 0 amide bonds. The number of unbranched alkanes of at least 4 members (excludes halogenated alkanes) is 6. The Kier molecular flexibility index (Phi) is 12.0. The topological polar surface area (TPSA) is 52.6 Å². The van der Waals surface area contributed by atoms with Gasteiger partial charge in [-0.3, -0.25) is 4.79 Å². The Labute approximate surface area is 129 Å². The Hall–Kier alpha value is -1.06. The zero-order chi connectivity index (χ0) is 16.1. The molecule has 1 atom stereocenters. The summed E-state index contributed by atoms with van der Waals surface area (Å²) < 4.78 is 10.2. The van der Waals surface area contributed by atoms with Crippen molar-refractivity contribution in [3.63, 3.8) is 0 Å². The van der Waals surface area contributed by atoms with Gasteiger partial charge in [0.05, 0.1) is 6.61 Å². The van der Waals surface area contributed by atoms with Gasteiger partial charge < -0.3 is 9.47 Å². The summed E-state index contributed by atoms with van der Waals surface area (Å²) in [4.78, 5) is 23.5. The molecule has 0 saturated heterocycles. The predicted molar refractivity (Wildman–Crippen MR) is 84.0 cm³/mol. The molecule has 0 aromatic rings. The van der Waals surface area contributed by atoms with Gasteiger partial charge in [0.15, 0.2) is 0 Å². The maximum atomic E-state index is 11.8. The first-order chi connectivity index (χ1) is 10.0. The zero-order valence-electron chi connectivity index (χ0n) is 14.2. The molecule has 0 fully saturated rings. The standard InChI is InChI=1S/C17H32O4/c1-5-7-8-9-10-11-12-13-15(18)21-16(14(3)4)17(19)20-6-2/h14,16H,5-13H2,1-4H3. The van der Waals surface area contributed by atoms with Gasteiger partial charge in [-0.05, 0) is 13.3 Å². The maximum Gasteiger partial charge on any atom is 0.347 e. The molecule has 0 aliphatic rings. The zero-order valence-corrected chi connectivity index (χ0v) is 14.2. The molecule has 0 saturated carbocycles. The second kappa shape index (κ2) is 12.7. The van der Waals surface area contributed by atoms with E-state index in [2.05, 4.69) is 6.92 Å². The van der Waals surface area contributed by atoms with Crippen molar-refractivity contribution in [1.82, 2.24) is 0 Å². The van der Waals surface area contributed by atoms with Gasteiger partial charge in [0.2, 0.25) is 6.10 Å². The van der Waals surface area contributed by atoms with E-state index in [1.165, 1.54) is 32.1 Å². The van der Waals surface area contributed by atoms with Crippen molar-refractivity contribution in [2.45, 2.75) is 85.2 Å². The number of hydrogen-bond acceptors (Lipinski definition) is 4. The van der Waals surface area contributed by atoms with Gasteiger partial charge in [0.1, 0.15) is 0 Å². The second-order valence-electron chi connectivity index (χ2n) is 5.78. The van der Waals surface area contributed by atoms with E-state index >= 15 is 0 Å². The van der Waals surface area contributed by atoms with E-state index in [1.807, 2.05) is 13.8 Å². The molecule has 21 heavy (non-hydrogen) atoms. The van der Waals surface area contributed by atoms with E-state index in [9.17, 15) is 9.59 Å². The molecule has 1 unspecified atom stereocenters. The lowest BCUT2D eigenvalue weighted by Gasteiger charge is -2.19. The molecular formula is C17H32O4. The van der Waals surface area contributed by atoms with Crippen LogP contribution in [0, 0.1) is 5.92 Å². The summed E-state index contributed by atoms with van der Waals surface area (Å²) in [6.07, 6.45) is 7.70. The predicted octanol–water partition coefficient (Wildman–Crippen LogP) is 4.26. The van der Waals surface area contributed by atoms with Gasteiger partial charge in [-0.25, -0.2) is 4.79 Å². The minimum absolute atomic E-state index is 0.0676. The molecule has 0 heterocycles. The van der Waals surface area contributed by atoms with Crippen LogP contribution >= 0.6 is 0 Å². The summed E-state index contributed by atoms with van der Waals surface area (Å²) in [6.45, 7) is 7.95. The van der Waals surface area contributed by atoms with Crippen molar-refractivity contribution in [2.24, 2.45) is 5.92 Å². The maximum absolute atomic E-state index is 11.8.